The van der Waals surface area contributed by atoms with Gasteiger partial charge in [-0.2, -0.15) is 11.8 Å². The Balaban J connectivity index is 1.95. The van der Waals surface area contributed by atoms with Crippen LogP contribution in [0.4, 0.5) is 4.39 Å². The molecule has 2 rings (SSSR count). The number of rotatable bonds is 4. The molecule has 4 atom stereocenters. The zero-order chi connectivity index (χ0) is 13.1. The minimum atomic E-state index is -0.218. The van der Waals surface area contributed by atoms with Gasteiger partial charge in [0.15, 0.2) is 0 Å². The van der Waals surface area contributed by atoms with E-state index in [2.05, 4.69) is 13.8 Å². The largest absolute Gasteiger partial charge is 0.377 e. The van der Waals surface area contributed by atoms with Crippen LogP contribution < -0.4 is 5.73 Å². The lowest BCUT2D eigenvalue weighted by molar-refractivity contribution is 0.127. The topological polar surface area (TPSA) is 35.2 Å². The summed E-state index contributed by atoms with van der Waals surface area (Å²) >= 11 is 1.88. The van der Waals surface area contributed by atoms with Crippen molar-refractivity contribution in [1.82, 2.24) is 0 Å². The molecule has 2 N–H and O–H groups in total. The summed E-state index contributed by atoms with van der Waals surface area (Å²) in [6, 6.07) is 6.40. The number of hydrogen-bond donors (Lipinski definition) is 1. The van der Waals surface area contributed by atoms with Crippen LogP contribution >= 0.6 is 11.8 Å². The highest BCUT2D eigenvalue weighted by atomic mass is 32.2. The molecule has 0 amide bonds. The Morgan fingerprint density at radius 1 is 1.39 bits per heavy atom. The first-order valence-electron chi connectivity index (χ1n) is 6.36. The smallest absolute Gasteiger partial charge is 0.123 e. The quantitative estimate of drug-likeness (QED) is 0.912. The summed E-state index contributed by atoms with van der Waals surface area (Å²) in [5.74, 6) is -0.218. The van der Waals surface area contributed by atoms with Crippen molar-refractivity contribution in [3.05, 3.63) is 35.6 Å². The molecule has 0 radical (unpaired) electrons. The molecule has 1 saturated heterocycles. The average molecular weight is 269 g/mol. The normalized spacial score (nSPS) is 27.1. The summed E-state index contributed by atoms with van der Waals surface area (Å²) < 4.78 is 18.4. The van der Waals surface area contributed by atoms with Gasteiger partial charge in [0.05, 0.1) is 6.10 Å². The summed E-state index contributed by atoms with van der Waals surface area (Å²) in [5.41, 5.74) is 7.22. The van der Waals surface area contributed by atoms with Gasteiger partial charge in [-0.25, -0.2) is 4.39 Å². The number of nitrogens with two attached hydrogens (primary N) is 1. The van der Waals surface area contributed by atoms with Crippen molar-refractivity contribution in [2.75, 3.05) is 6.61 Å². The lowest BCUT2D eigenvalue weighted by atomic mass is 10.1. The van der Waals surface area contributed by atoms with Crippen LogP contribution in [0.2, 0.25) is 0 Å². The van der Waals surface area contributed by atoms with E-state index in [1.807, 2.05) is 11.8 Å². The van der Waals surface area contributed by atoms with E-state index in [0.717, 1.165) is 18.6 Å². The summed E-state index contributed by atoms with van der Waals surface area (Å²) in [6.45, 7) is 5.09. The van der Waals surface area contributed by atoms with Crippen LogP contribution in [0.25, 0.3) is 0 Å². The molecule has 0 aromatic heterocycles. The SMILES string of the molecule is CC1OCCC1SC(C)C(N)c1ccc(F)cc1. The lowest BCUT2D eigenvalue weighted by Gasteiger charge is -2.24. The van der Waals surface area contributed by atoms with E-state index < -0.39 is 0 Å². The number of thioether (sulfide) groups is 1. The van der Waals surface area contributed by atoms with Crippen molar-refractivity contribution in [3.63, 3.8) is 0 Å². The molecule has 4 unspecified atom stereocenters. The van der Waals surface area contributed by atoms with Gasteiger partial charge >= 0.3 is 0 Å². The number of ether oxygens (including phenoxy) is 1. The monoisotopic (exact) mass is 269 g/mol. The van der Waals surface area contributed by atoms with Gasteiger partial charge < -0.3 is 10.5 Å². The Kier molecular flexibility index (Phi) is 4.65. The van der Waals surface area contributed by atoms with Gasteiger partial charge in [0.25, 0.3) is 0 Å². The van der Waals surface area contributed by atoms with Crippen LogP contribution in [0.1, 0.15) is 31.9 Å². The van der Waals surface area contributed by atoms with Crippen molar-refractivity contribution < 1.29 is 9.13 Å². The molecule has 1 aromatic carbocycles. The van der Waals surface area contributed by atoms with E-state index in [9.17, 15) is 4.39 Å². The number of halogens is 1. The van der Waals surface area contributed by atoms with Crippen LogP contribution in [0.15, 0.2) is 24.3 Å². The summed E-state index contributed by atoms with van der Waals surface area (Å²) in [5, 5.41) is 0.816. The van der Waals surface area contributed by atoms with Crippen molar-refractivity contribution in [2.45, 2.75) is 42.9 Å². The Morgan fingerprint density at radius 3 is 2.61 bits per heavy atom. The highest BCUT2D eigenvalue weighted by molar-refractivity contribution is 8.00. The third-order valence-electron chi connectivity index (χ3n) is 3.46. The van der Waals surface area contributed by atoms with Crippen LogP contribution in [0.5, 0.6) is 0 Å². The molecule has 4 heteroatoms. The van der Waals surface area contributed by atoms with Gasteiger partial charge in [-0.3, -0.25) is 0 Å². The van der Waals surface area contributed by atoms with Gasteiger partial charge in [-0.1, -0.05) is 19.1 Å². The van der Waals surface area contributed by atoms with E-state index in [1.165, 1.54) is 12.1 Å². The van der Waals surface area contributed by atoms with Crippen molar-refractivity contribution in [2.24, 2.45) is 5.73 Å². The van der Waals surface area contributed by atoms with Gasteiger partial charge in [0.1, 0.15) is 5.82 Å². The van der Waals surface area contributed by atoms with Gasteiger partial charge in [-0.15, -0.1) is 0 Å². The van der Waals surface area contributed by atoms with Gasteiger partial charge in [0, 0.05) is 23.1 Å². The van der Waals surface area contributed by atoms with Crippen LogP contribution in [-0.4, -0.2) is 23.2 Å². The molecule has 1 fully saturated rings. The fourth-order valence-electron chi connectivity index (χ4n) is 2.21. The zero-order valence-corrected chi connectivity index (χ0v) is 11.6. The van der Waals surface area contributed by atoms with Crippen LogP contribution in [0.3, 0.4) is 0 Å². The maximum atomic E-state index is 12.9. The molecule has 1 heterocycles. The average Bonchev–Trinajstić information content (AvgIpc) is 2.75. The predicted molar refractivity (Wildman–Crippen MR) is 74.2 cm³/mol. The third-order valence-corrected chi connectivity index (χ3v) is 5.15. The van der Waals surface area contributed by atoms with E-state index in [4.69, 9.17) is 10.5 Å². The summed E-state index contributed by atoms with van der Waals surface area (Å²) in [6.07, 6.45) is 1.39. The van der Waals surface area contributed by atoms with Gasteiger partial charge in [-0.05, 0) is 31.0 Å². The molecule has 2 nitrogen and oxygen atoms in total. The summed E-state index contributed by atoms with van der Waals surface area (Å²) in [4.78, 5) is 0. The van der Waals surface area contributed by atoms with E-state index >= 15 is 0 Å². The van der Waals surface area contributed by atoms with E-state index in [-0.39, 0.29) is 11.9 Å². The molecular formula is C14H20FNOS. The molecule has 18 heavy (non-hydrogen) atoms. The second-order valence-corrected chi connectivity index (χ2v) is 6.44. The first-order chi connectivity index (χ1) is 8.58. The molecule has 0 saturated carbocycles. The molecule has 0 aliphatic carbocycles. The standard InChI is InChI=1S/C14H20FNOS/c1-9-13(7-8-17-9)18-10(2)14(16)11-3-5-12(15)6-4-11/h3-6,9-10,13-14H,7-8,16H2,1-2H3. The number of benzene rings is 1. The van der Waals surface area contributed by atoms with Crippen molar-refractivity contribution >= 4 is 11.8 Å². The minimum Gasteiger partial charge on any atom is -0.377 e. The molecule has 1 aliphatic rings. The zero-order valence-electron chi connectivity index (χ0n) is 10.8. The highest BCUT2D eigenvalue weighted by Gasteiger charge is 2.28. The number of hydrogen-bond acceptors (Lipinski definition) is 3. The minimum absolute atomic E-state index is 0.0663. The second-order valence-electron chi connectivity index (χ2n) is 4.82. The highest BCUT2D eigenvalue weighted by Crippen LogP contribution is 2.34. The van der Waals surface area contributed by atoms with Crippen LogP contribution in [-0.2, 0) is 4.74 Å². The Hall–Kier alpha value is -0.580. The third kappa shape index (κ3) is 3.25. The lowest BCUT2D eigenvalue weighted by Crippen LogP contribution is -2.25. The first kappa shape index (κ1) is 13.8. The molecule has 1 aliphatic heterocycles. The molecule has 100 valence electrons. The van der Waals surface area contributed by atoms with Crippen molar-refractivity contribution in [3.8, 4) is 0 Å². The van der Waals surface area contributed by atoms with E-state index in [0.29, 0.717) is 16.6 Å². The molecule has 0 bridgehead atoms. The summed E-state index contributed by atoms with van der Waals surface area (Å²) in [7, 11) is 0. The maximum Gasteiger partial charge on any atom is 0.123 e. The van der Waals surface area contributed by atoms with Gasteiger partial charge in [0.2, 0.25) is 0 Å². The Bertz CT molecular complexity index is 384. The molecule has 1 aromatic rings. The molecular weight excluding hydrogens is 249 g/mol. The van der Waals surface area contributed by atoms with Crippen LogP contribution in [0, 0.1) is 5.82 Å². The maximum absolute atomic E-state index is 12.9. The molecule has 0 spiro atoms. The fraction of sp³-hybridized carbons (Fsp3) is 0.571. The Morgan fingerprint density at radius 2 is 2.06 bits per heavy atom. The second kappa shape index (κ2) is 6.04. The Labute approximate surface area is 112 Å². The van der Waals surface area contributed by atoms with Crippen molar-refractivity contribution in [1.29, 1.82) is 0 Å². The first-order valence-corrected chi connectivity index (χ1v) is 7.30. The van der Waals surface area contributed by atoms with E-state index in [1.54, 1.807) is 12.1 Å². The predicted octanol–water partition coefficient (Wildman–Crippen LogP) is 3.12. The fourth-order valence-corrected chi connectivity index (χ4v) is 3.62.